The number of carbonyl (C=O) groups is 2. The monoisotopic (exact) mass is 349 g/mol. The lowest BCUT2D eigenvalue weighted by atomic mass is 10.0. The molecule has 0 radical (unpaired) electrons. The van der Waals surface area contributed by atoms with Crippen LogP contribution in [-0.2, 0) is 16.0 Å². The first-order valence-corrected chi connectivity index (χ1v) is 8.53. The van der Waals surface area contributed by atoms with E-state index >= 15 is 0 Å². The third kappa shape index (κ3) is 5.17. The van der Waals surface area contributed by atoms with Gasteiger partial charge < -0.3 is 25.4 Å². The highest BCUT2D eigenvalue weighted by atomic mass is 16.5. The van der Waals surface area contributed by atoms with Crippen LogP contribution in [0.1, 0.15) is 29.8 Å². The summed E-state index contributed by atoms with van der Waals surface area (Å²) in [6.45, 7) is 6.38. The Labute approximate surface area is 148 Å². The van der Waals surface area contributed by atoms with Gasteiger partial charge in [0.25, 0.3) is 5.91 Å². The van der Waals surface area contributed by atoms with Crippen LogP contribution in [0.5, 0.6) is 5.75 Å². The molecule has 138 valence electrons. The standard InChI is InChI=1S/C18H27N3O4/c1-12(2)25-18(24)15(19)11-13-4-5-16(22)14(10-13)17(23)21-8-6-20(3)7-9-21/h4-5,10,12,15,22H,6-9,11,19H2,1-3H3/t15-/m0/s1. The minimum absolute atomic E-state index is 0.0639. The Kier molecular flexibility index (Phi) is 6.39. The molecule has 3 N–H and O–H groups in total. The van der Waals surface area contributed by atoms with Gasteiger partial charge in [-0.1, -0.05) is 6.07 Å². The summed E-state index contributed by atoms with van der Waals surface area (Å²) in [5, 5.41) is 10.1. The molecule has 0 spiro atoms. The fraction of sp³-hybridized carbons (Fsp3) is 0.556. The van der Waals surface area contributed by atoms with E-state index in [2.05, 4.69) is 4.90 Å². The van der Waals surface area contributed by atoms with Crippen molar-refractivity contribution >= 4 is 11.9 Å². The van der Waals surface area contributed by atoms with Crippen molar-refractivity contribution in [2.45, 2.75) is 32.4 Å². The second-order valence-corrected chi connectivity index (χ2v) is 6.74. The van der Waals surface area contributed by atoms with Gasteiger partial charge in [0.15, 0.2) is 0 Å². The molecule has 0 saturated carbocycles. The van der Waals surface area contributed by atoms with Crippen LogP contribution in [0.15, 0.2) is 18.2 Å². The van der Waals surface area contributed by atoms with Crippen molar-refractivity contribution in [1.29, 1.82) is 0 Å². The molecule has 7 heteroatoms. The van der Waals surface area contributed by atoms with Gasteiger partial charge in [-0.3, -0.25) is 9.59 Å². The van der Waals surface area contributed by atoms with Gasteiger partial charge in [-0.15, -0.1) is 0 Å². The number of esters is 1. The molecule has 1 atom stereocenters. The third-order valence-electron chi connectivity index (χ3n) is 4.19. The summed E-state index contributed by atoms with van der Waals surface area (Å²) < 4.78 is 5.10. The molecule has 1 saturated heterocycles. The van der Waals surface area contributed by atoms with Crippen molar-refractivity contribution in [3.63, 3.8) is 0 Å². The predicted molar refractivity (Wildman–Crippen MR) is 94.4 cm³/mol. The molecule has 1 amide bonds. The summed E-state index contributed by atoms with van der Waals surface area (Å²) in [5.74, 6) is -0.744. The quantitative estimate of drug-likeness (QED) is 0.756. The summed E-state index contributed by atoms with van der Waals surface area (Å²) in [6, 6.07) is 3.94. The molecule has 0 aromatic heterocycles. The van der Waals surface area contributed by atoms with Crippen LogP contribution in [0.25, 0.3) is 0 Å². The highest BCUT2D eigenvalue weighted by Crippen LogP contribution is 2.22. The number of likely N-dealkylation sites (N-methyl/N-ethyl adjacent to an activating group) is 1. The van der Waals surface area contributed by atoms with Gasteiger partial charge in [0, 0.05) is 26.2 Å². The molecule has 1 fully saturated rings. The van der Waals surface area contributed by atoms with E-state index in [4.69, 9.17) is 10.5 Å². The molecule has 1 aliphatic rings. The van der Waals surface area contributed by atoms with Crippen LogP contribution in [0, 0.1) is 0 Å². The number of rotatable bonds is 5. The number of aromatic hydroxyl groups is 1. The van der Waals surface area contributed by atoms with Crippen LogP contribution in [0.4, 0.5) is 0 Å². The summed E-state index contributed by atoms with van der Waals surface area (Å²) >= 11 is 0. The van der Waals surface area contributed by atoms with Crippen molar-refractivity contribution in [2.24, 2.45) is 5.73 Å². The SMILES string of the molecule is CC(C)OC(=O)[C@@H](N)Cc1ccc(O)c(C(=O)N2CCN(C)CC2)c1. The van der Waals surface area contributed by atoms with Crippen molar-refractivity contribution in [3.8, 4) is 5.75 Å². The van der Waals surface area contributed by atoms with Crippen molar-refractivity contribution in [2.75, 3.05) is 33.2 Å². The first-order chi connectivity index (χ1) is 11.8. The topological polar surface area (TPSA) is 96.1 Å². The minimum Gasteiger partial charge on any atom is -0.507 e. The summed E-state index contributed by atoms with van der Waals surface area (Å²) in [4.78, 5) is 28.4. The fourth-order valence-electron chi connectivity index (χ4n) is 2.72. The highest BCUT2D eigenvalue weighted by Gasteiger charge is 2.24. The van der Waals surface area contributed by atoms with E-state index in [-0.39, 0.29) is 29.7 Å². The van der Waals surface area contributed by atoms with Crippen LogP contribution < -0.4 is 5.73 Å². The lowest BCUT2D eigenvalue weighted by Gasteiger charge is -2.32. The van der Waals surface area contributed by atoms with E-state index < -0.39 is 12.0 Å². The molecule has 1 aromatic carbocycles. The maximum atomic E-state index is 12.7. The van der Waals surface area contributed by atoms with Gasteiger partial charge >= 0.3 is 5.97 Å². The summed E-state index contributed by atoms with van der Waals surface area (Å²) in [7, 11) is 2.01. The Bertz CT molecular complexity index is 625. The Morgan fingerprint density at radius 2 is 1.88 bits per heavy atom. The van der Waals surface area contributed by atoms with Crippen LogP contribution >= 0.6 is 0 Å². The van der Waals surface area contributed by atoms with Crippen LogP contribution in [0.2, 0.25) is 0 Å². The van der Waals surface area contributed by atoms with E-state index in [0.29, 0.717) is 18.7 Å². The number of phenolic OH excluding ortho intramolecular Hbond substituents is 1. The molecule has 7 nitrogen and oxygen atoms in total. The van der Waals surface area contributed by atoms with E-state index in [9.17, 15) is 14.7 Å². The number of phenols is 1. The maximum absolute atomic E-state index is 12.7. The Hall–Kier alpha value is -2.12. The summed E-state index contributed by atoms with van der Waals surface area (Å²) in [5.41, 5.74) is 6.84. The molecule has 0 aliphatic carbocycles. The highest BCUT2D eigenvalue weighted by molar-refractivity contribution is 5.97. The van der Waals surface area contributed by atoms with E-state index in [1.54, 1.807) is 30.9 Å². The van der Waals surface area contributed by atoms with E-state index in [1.165, 1.54) is 6.07 Å². The zero-order valence-corrected chi connectivity index (χ0v) is 15.1. The first kappa shape index (κ1) is 19.2. The van der Waals surface area contributed by atoms with Crippen molar-refractivity contribution < 1.29 is 19.4 Å². The number of benzene rings is 1. The van der Waals surface area contributed by atoms with Crippen LogP contribution in [0.3, 0.4) is 0 Å². The van der Waals surface area contributed by atoms with Crippen LogP contribution in [-0.4, -0.2) is 72.2 Å². The van der Waals surface area contributed by atoms with Gasteiger partial charge in [-0.2, -0.15) is 0 Å². The van der Waals surface area contributed by atoms with Gasteiger partial charge in [0.05, 0.1) is 11.7 Å². The Morgan fingerprint density at radius 1 is 1.24 bits per heavy atom. The van der Waals surface area contributed by atoms with E-state index in [0.717, 1.165) is 13.1 Å². The van der Waals surface area contributed by atoms with Gasteiger partial charge in [-0.25, -0.2) is 0 Å². The minimum atomic E-state index is -0.807. The van der Waals surface area contributed by atoms with Gasteiger partial charge in [-0.05, 0) is 45.0 Å². The average Bonchev–Trinajstić information content (AvgIpc) is 2.56. The molecule has 1 aromatic rings. The zero-order chi connectivity index (χ0) is 18.6. The molecule has 0 bridgehead atoms. The Balaban J connectivity index is 2.09. The number of hydrogen-bond acceptors (Lipinski definition) is 6. The van der Waals surface area contributed by atoms with E-state index in [1.807, 2.05) is 7.05 Å². The van der Waals surface area contributed by atoms with Crippen molar-refractivity contribution in [3.05, 3.63) is 29.3 Å². The largest absolute Gasteiger partial charge is 0.507 e. The van der Waals surface area contributed by atoms with Gasteiger partial charge in [0.2, 0.25) is 0 Å². The second-order valence-electron chi connectivity index (χ2n) is 6.74. The number of piperazine rings is 1. The third-order valence-corrected chi connectivity index (χ3v) is 4.19. The maximum Gasteiger partial charge on any atom is 0.323 e. The molecule has 2 rings (SSSR count). The molecule has 1 aliphatic heterocycles. The Morgan fingerprint density at radius 3 is 2.48 bits per heavy atom. The number of amides is 1. The number of ether oxygens (including phenoxy) is 1. The molecular weight excluding hydrogens is 322 g/mol. The zero-order valence-electron chi connectivity index (χ0n) is 15.1. The summed E-state index contributed by atoms with van der Waals surface area (Å²) in [6.07, 6.45) is 0.0159. The number of carbonyl (C=O) groups excluding carboxylic acids is 2. The molecule has 0 unspecified atom stereocenters. The fourth-order valence-corrected chi connectivity index (χ4v) is 2.72. The number of nitrogens with zero attached hydrogens (tertiary/aromatic N) is 2. The molecular formula is C18H27N3O4. The number of nitrogens with two attached hydrogens (primary N) is 1. The second kappa shape index (κ2) is 8.31. The van der Waals surface area contributed by atoms with Crippen molar-refractivity contribution in [1.82, 2.24) is 9.80 Å². The predicted octanol–water partition coefficient (Wildman–Crippen LogP) is 0.601. The smallest absolute Gasteiger partial charge is 0.323 e. The lowest BCUT2D eigenvalue weighted by Crippen LogP contribution is -2.47. The molecule has 25 heavy (non-hydrogen) atoms. The average molecular weight is 349 g/mol. The normalized spacial score (nSPS) is 16.8. The lowest BCUT2D eigenvalue weighted by molar-refractivity contribution is -0.148. The van der Waals surface area contributed by atoms with Gasteiger partial charge in [0.1, 0.15) is 11.8 Å². The molecule has 1 heterocycles. The first-order valence-electron chi connectivity index (χ1n) is 8.53. The number of hydrogen-bond donors (Lipinski definition) is 2.